The molecule has 4 N–H and O–H groups in total. The second kappa shape index (κ2) is 7.44. The summed E-state index contributed by atoms with van der Waals surface area (Å²) < 4.78 is 5.06. The third kappa shape index (κ3) is 4.09. The number of nitrogen functional groups attached to an aromatic ring is 1. The molecule has 0 aliphatic rings. The molecule has 0 saturated heterocycles. The van der Waals surface area contributed by atoms with Crippen molar-refractivity contribution in [3.8, 4) is 0 Å². The molecular weight excluding hydrogens is 294 g/mol. The summed E-state index contributed by atoms with van der Waals surface area (Å²) in [5.41, 5.74) is 7.48. The monoisotopic (exact) mass is 315 g/mol. The van der Waals surface area contributed by atoms with Crippen LogP contribution in [0.2, 0.25) is 0 Å². The molecule has 0 unspecified atom stereocenters. The molecule has 0 atom stereocenters. The van der Waals surface area contributed by atoms with E-state index in [9.17, 15) is 4.79 Å². The number of hydrogen-bond donors (Lipinski definition) is 3. The average Bonchev–Trinajstić information content (AvgIpc) is 2.51. The maximum atomic E-state index is 12.0. The predicted molar refractivity (Wildman–Crippen MR) is 90.9 cm³/mol. The third-order valence-corrected chi connectivity index (χ3v) is 2.98. The minimum absolute atomic E-state index is 0.187. The molecule has 0 saturated carbocycles. The third-order valence-electron chi connectivity index (χ3n) is 2.98. The molecule has 2 rings (SSSR count). The van der Waals surface area contributed by atoms with Gasteiger partial charge in [-0.05, 0) is 32.9 Å². The van der Waals surface area contributed by atoms with Crippen molar-refractivity contribution in [3.63, 3.8) is 0 Å². The first-order valence-electron chi connectivity index (χ1n) is 7.43. The molecule has 1 aromatic heterocycles. The summed E-state index contributed by atoms with van der Waals surface area (Å²) in [6.07, 6.45) is 1.41. The number of nitrogens with two attached hydrogens (primary N) is 1. The Balaban J connectivity index is 2.31. The van der Waals surface area contributed by atoms with E-state index in [2.05, 4.69) is 20.6 Å². The molecule has 0 radical (unpaired) electrons. The second-order valence-electron chi connectivity index (χ2n) is 5.17. The number of para-hydroxylation sites is 1. The van der Waals surface area contributed by atoms with Gasteiger partial charge in [0.25, 0.3) is 0 Å². The zero-order chi connectivity index (χ0) is 16.8. The number of nitrogens with one attached hydrogen (secondary N) is 2. The molecule has 0 aliphatic heterocycles. The standard InChI is InChI=1S/C16H21N5O2/c1-4-23-16(22)11-7-5-6-8-12(11)21-15-13(17)14(18-9-19-15)20-10(2)3/h5-10H,4,17H2,1-3H3,(H2,18,19,20,21). The van der Waals surface area contributed by atoms with Crippen molar-refractivity contribution in [1.29, 1.82) is 0 Å². The fourth-order valence-corrected chi connectivity index (χ4v) is 1.99. The van der Waals surface area contributed by atoms with Crippen molar-refractivity contribution in [2.45, 2.75) is 26.8 Å². The Morgan fingerprint density at radius 3 is 2.65 bits per heavy atom. The van der Waals surface area contributed by atoms with E-state index >= 15 is 0 Å². The van der Waals surface area contributed by atoms with Gasteiger partial charge >= 0.3 is 5.97 Å². The fourth-order valence-electron chi connectivity index (χ4n) is 1.99. The Labute approximate surface area is 135 Å². The van der Waals surface area contributed by atoms with Crippen LogP contribution in [0.4, 0.5) is 23.0 Å². The van der Waals surface area contributed by atoms with Gasteiger partial charge in [0.2, 0.25) is 0 Å². The number of benzene rings is 1. The topological polar surface area (TPSA) is 102 Å². The van der Waals surface area contributed by atoms with E-state index in [-0.39, 0.29) is 6.04 Å². The zero-order valence-electron chi connectivity index (χ0n) is 13.5. The Morgan fingerprint density at radius 1 is 1.26 bits per heavy atom. The van der Waals surface area contributed by atoms with Crippen LogP contribution in [0.25, 0.3) is 0 Å². The molecule has 122 valence electrons. The van der Waals surface area contributed by atoms with Gasteiger partial charge in [-0.25, -0.2) is 14.8 Å². The lowest BCUT2D eigenvalue weighted by atomic mass is 10.2. The first-order valence-corrected chi connectivity index (χ1v) is 7.43. The molecule has 2 aromatic rings. The largest absolute Gasteiger partial charge is 0.462 e. The van der Waals surface area contributed by atoms with Crippen LogP contribution >= 0.6 is 0 Å². The van der Waals surface area contributed by atoms with Gasteiger partial charge in [0.1, 0.15) is 12.0 Å². The number of nitrogens with zero attached hydrogens (tertiary/aromatic N) is 2. The Kier molecular flexibility index (Phi) is 5.35. The summed E-state index contributed by atoms with van der Waals surface area (Å²) >= 11 is 0. The van der Waals surface area contributed by atoms with E-state index in [1.165, 1.54) is 6.33 Å². The molecule has 0 amide bonds. The van der Waals surface area contributed by atoms with Crippen LogP contribution in [0.15, 0.2) is 30.6 Å². The minimum atomic E-state index is -0.399. The summed E-state index contributed by atoms with van der Waals surface area (Å²) in [5.74, 6) is 0.578. The highest BCUT2D eigenvalue weighted by atomic mass is 16.5. The lowest BCUT2D eigenvalue weighted by molar-refractivity contribution is 0.0527. The molecule has 0 fully saturated rings. The van der Waals surface area contributed by atoms with E-state index in [1.807, 2.05) is 19.9 Å². The predicted octanol–water partition coefficient (Wildman–Crippen LogP) is 2.80. The van der Waals surface area contributed by atoms with Crippen molar-refractivity contribution >= 4 is 29.0 Å². The number of anilines is 4. The number of carbonyl (C=O) groups excluding carboxylic acids is 1. The van der Waals surface area contributed by atoms with Crippen LogP contribution in [0, 0.1) is 0 Å². The number of hydrogen-bond acceptors (Lipinski definition) is 7. The molecule has 0 spiro atoms. The average molecular weight is 315 g/mol. The maximum Gasteiger partial charge on any atom is 0.340 e. The number of aromatic nitrogens is 2. The molecule has 1 aromatic carbocycles. The van der Waals surface area contributed by atoms with Crippen LogP contribution in [-0.2, 0) is 4.74 Å². The van der Waals surface area contributed by atoms with Gasteiger partial charge in [-0.1, -0.05) is 12.1 Å². The Bertz CT molecular complexity index is 688. The highest BCUT2D eigenvalue weighted by molar-refractivity contribution is 5.97. The van der Waals surface area contributed by atoms with Crippen molar-refractivity contribution in [3.05, 3.63) is 36.2 Å². The van der Waals surface area contributed by atoms with E-state index < -0.39 is 5.97 Å². The Morgan fingerprint density at radius 2 is 1.96 bits per heavy atom. The molecule has 23 heavy (non-hydrogen) atoms. The SMILES string of the molecule is CCOC(=O)c1ccccc1Nc1ncnc(NC(C)C)c1N. The van der Waals surface area contributed by atoms with E-state index in [0.29, 0.717) is 35.2 Å². The first kappa shape index (κ1) is 16.5. The lowest BCUT2D eigenvalue weighted by Crippen LogP contribution is -2.14. The van der Waals surface area contributed by atoms with Crippen LogP contribution in [0.1, 0.15) is 31.1 Å². The van der Waals surface area contributed by atoms with Crippen LogP contribution in [0.5, 0.6) is 0 Å². The van der Waals surface area contributed by atoms with Crippen molar-refractivity contribution in [2.24, 2.45) is 0 Å². The summed E-state index contributed by atoms with van der Waals surface area (Å²) in [4.78, 5) is 20.3. The van der Waals surface area contributed by atoms with E-state index in [4.69, 9.17) is 10.5 Å². The molecule has 0 bridgehead atoms. The Hall–Kier alpha value is -2.83. The summed E-state index contributed by atoms with van der Waals surface area (Å²) in [5, 5.41) is 6.23. The number of esters is 1. The summed E-state index contributed by atoms with van der Waals surface area (Å²) in [6, 6.07) is 7.23. The molecule has 0 aliphatic carbocycles. The van der Waals surface area contributed by atoms with Crippen LogP contribution in [-0.4, -0.2) is 28.6 Å². The number of rotatable bonds is 6. The normalized spacial score (nSPS) is 10.4. The number of ether oxygens (including phenoxy) is 1. The molecule has 1 heterocycles. The quantitative estimate of drug-likeness (QED) is 0.704. The van der Waals surface area contributed by atoms with Crippen LogP contribution < -0.4 is 16.4 Å². The molecular formula is C16H21N5O2. The van der Waals surface area contributed by atoms with Gasteiger partial charge in [0.15, 0.2) is 11.6 Å². The summed E-state index contributed by atoms with van der Waals surface area (Å²) in [6.45, 7) is 6.06. The fraction of sp³-hybridized carbons (Fsp3) is 0.312. The second-order valence-corrected chi connectivity index (χ2v) is 5.17. The van der Waals surface area contributed by atoms with Gasteiger partial charge in [-0.3, -0.25) is 0 Å². The molecule has 7 nitrogen and oxygen atoms in total. The van der Waals surface area contributed by atoms with Crippen LogP contribution in [0.3, 0.4) is 0 Å². The molecule has 7 heteroatoms. The minimum Gasteiger partial charge on any atom is -0.462 e. The van der Waals surface area contributed by atoms with Gasteiger partial charge in [0.05, 0.1) is 17.9 Å². The van der Waals surface area contributed by atoms with Gasteiger partial charge < -0.3 is 21.1 Å². The van der Waals surface area contributed by atoms with Crippen molar-refractivity contribution < 1.29 is 9.53 Å². The zero-order valence-corrected chi connectivity index (χ0v) is 13.5. The van der Waals surface area contributed by atoms with E-state index in [1.54, 1.807) is 25.1 Å². The maximum absolute atomic E-state index is 12.0. The lowest BCUT2D eigenvalue weighted by Gasteiger charge is -2.15. The van der Waals surface area contributed by atoms with Crippen molar-refractivity contribution in [1.82, 2.24) is 9.97 Å². The highest BCUT2D eigenvalue weighted by Crippen LogP contribution is 2.28. The highest BCUT2D eigenvalue weighted by Gasteiger charge is 2.15. The van der Waals surface area contributed by atoms with Gasteiger partial charge in [0, 0.05) is 6.04 Å². The van der Waals surface area contributed by atoms with E-state index in [0.717, 1.165) is 0 Å². The first-order chi connectivity index (χ1) is 11.0. The number of carbonyl (C=O) groups is 1. The van der Waals surface area contributed by atoms with Gasteiger partial charge in [-0.15, -0.1) is 0 Å². The smallest absolute Gasteiger partial charge is 0.340 e. The summed E-state index contributed by atoms with van der Waals surface area (Å²) in [7, 11) is 0. The van der Waals surface area contributed by atoms with Gasteiger partial charge in [-0.2, -0.15) is 0 Å². The van der Waals surface area contributed by atoms with Crippen molar-refractivity contribution in [2.75, 3.05) is 23.0 Å².